The number of nitrogens with zero attached hydrogens (tertiary/aromatic N) is 1. The van der Waals surface area contributed by atoms with E-state index in [0.29, 0.717) is 6.54 Å². The molecular weight excluding hydrogens is 222 g/mol. The summed E-state index contributed by atoms with van der Waals surface area (Å²) < 4.78 is 0. The SMILES string of the molecule is O=C=NCCCc1ccc(C2CCCCC2)cc1. The molecule has 0 bridgehead atoms. The van der Waals surface area contributed by atoms with Gasteiger partial charge in [-0.1, -0.05) is 43.5 Å². The summed E-state index contributed by atoms with van der Waals surface area (Å²) in [4.78, 5) is 13.5. The van der Waals surface area contributed by atoms with E-state index in [4.69, 9.17) is 0 Å². The number of hydrogen-bond acceptors (Lipinski definition) is 2. The van der Waals surface area contributed by atoms with Crippen LogP contribution in [0.2, 0.25) is 0 Å². The van der Waals surface area contributed by atoms with Gasteiger partial charge in [-0.3, -0.25) is 0 Å². The van der Waals surface area contributed by atoms with Crippen molar-refractivity contribution in [1.29, 1.82) is 0 Å². The zero-order chi connectivity index (χ0) is 12.6. The predicted octanol–water partition coefficient (Wildman–Crippen LogP) is 4.00. The third kappa shape index (κ3) is 3.82. The normalized spacial score (nSPS) is 16.2. The van der Waals surface area contributed by atoms with Gasteiger partial charge < -0.3 is 0 Å². The Kier molecular flexibility index (Phi) is 5.16. The molecule has 0 heterocycles. The molecule has 0 unspecified atom stereocenters. The first-order valence-electron chi connectivity index (χ1n) is 7.02. The standard InChI is InChI=1S/C16H21NO/c18-13-17-12-4-5-14-8-10-16(11-9-14)15-6-2-1-3-7-15/h8-11,15H,1-7,12H2. The highest BCUT2D eigenvalue weighted by atomic mass is 16.1. The zero-order valence-electron chi connectivity index (χ0n) is 10.9. The lowest BCUT2D eigenvalue weighted by molar-refractivity contribution is 0.443. The molecule has 0 aromatic heterocycles. The first-order chi connectivity index (χ1) is 8.90. The molecule has 2 nitrogen and oxygen atoms in total. The summed E-state index contributed by atoms with van der Waals surface area (Å²) in [5.74, 6) is 0.785. The van der Waals surface area contributed by atoms with Crippen molar-refractivity contribution in [2.75, 3.05) is 6.54 Å². The Hall–Kier alpha value is -1.40. The first-order valence-corrected chi connectivity index (χ1v) is 7.02. The fraction of sp³-hybridized carbons (Fsp3) is 0.562. The third-order valence-corrected chi connectivity index (χ3v) is 3.86. The van der Waals surface area contributed by atoms with Crippen LogP contribution >= 0.6 is 0 Å². The van der Waals surface area contributed by atoms with Crippen molar-refractivity contribution in [1.82, 2.24) is 0 Å². The van der Waals surface area contributed by atoms with Crippen LogP contribution in [0, 0.1) is 0 Å². The molecule has 18 heavy (non-hydrogen) atoms. The van der Waals surface area contributed by atoms with E-state index in [0.717, 1.165) is 18.8 Å². The lowest BCUT2D eigenvalue weighted by Gasteiger charge is -2.22. The predicted molar refractivity (Wildman–Crippen MR) is 73.6 cm³/mol. The molecule has 1 fully saturated rings. The number of aliphatic imine (C=N–C) groups is 1. The molecule has 1 saturated carbocycles. The van der Waals surface area contributed by atoms with Crippen molar-refractivity contribution in [3.05, 3.63) is 35.4 Å². The number of benzene rings is 1. The fourth-order valence-corrected chi connectivity index (χ4v) is 2.80. The van der Waals surface area contributed by atoms with Crippen molar-refractivity contribution >= 4 is 6.08 Å². The van der Waals surface area contributed by atoms with E-state index in [9.17, 15) is 4.79 Å². The molecule has 0 spiro atoms. The van der Waals surface area contributed by atoms with Crippen molar-refractivity contribution in [2.24, 2.45) is 4.99 Å². The van der Waals surface area contributed by atoms with Crippen LogP contribution in [0.1, 0.15) is 55.6 Å². The van der Waals surface area contributed by atoms with Gasteiger partial charge in [-0.25, -0.2) is 9.79 Å². The van der Waals surface area contributed by atoms with Crippen LogP contribution in [0.5, 0.6) is 0 Å². The molecular formula is C16H21NO. The summed E-state index contributed by atoms with van der Waals surface area (Å²) in [5, 5.41) is 0. The fourth-order valence-electron chi connectivity index (χ4n) is 2.80. The van der Waals surface area contributed by atoms with Gasteiger partial charge in [-0.15, -0.1) is 0 Å². The topological polar surface area (TPSA) is 29.4 Å². The Labute approximate surface area is 109 Å². The van der Waals surface area contributed by atoms with Crippen molar-refractivity contribution in [3.8, 4) is 0 Å². The molecule has 2 heteroatoms. The molecule has 1 aliphatic rings. The second-order valence-electron chi connectivity index (χ2n) is 5.15. The van der Waals surface area contributed by atoms with Gasteiger partial charge in [0.25, 0.3) is 0 Å². The molecule has 0 saturated heterocycles. The average molecular weight is 243 g/mol. The molecule has 96 valence electrons. The summed E-state index contributed by atoms with van der Waals surface area (Å²) >= 11 is 0. The van der Waals surface area contributed by atoms with E-state index < -0.39 is 0 Å². The number of aryl methyl sites for hydroxylation is 1. The van der Waals surface area contributed by atoms with Gasteiger partial charge in [0, 0.05) is 0 Å². The molecule has 0 amide bonds. The van der Waals surface area contributed by atoms with E-state index in [1.165, 1.54) is 43.2 Å². The lowest BCUT2D eigenvalue weighted by Crippen LogP contribution is -2.04. The number of carbonyl (C=O) groups excluding carboxylic acids is 1. The van der Waals surface area contributed by atoms with Crippen molar-refractivity contribution < 1.29 is 4.79 Å². The van der Waals surface area contributed by atoms with Gasteiger partial charge in [0.1, 0.15) is 0 Å². The van der Waals surface area contributed by atoms with E-state index >= 15 is 0 Å². The lowest BCUT2D eigenvalue weighted by atomic mass is 9.84. The highest BCUT2D eigenvalue weighted by Crippen LogP contribution is 2.32. The molecule has 0 atom stereocenters. The smallest absolute Gasteiger partial charge is 0.211 e. The van der Waals surface area contributed by atoms with Gasteiger partial charge in [0.05, 0.1) is 6.54 Å². The molecule has 1 aromatic carbocycles. The van der Waals surface area contributed by atoms with Crippen LogP contribution in [-0.4, -0.2) is 12.6 Å². The molecule has 0 radical (unpaired) electrons. The van der Waals surface area contributed by atoms with Gasteiger partial charge in [-0.05, 0) is 42.7 Å². The highest BCUT2D eigenvalue weighted by Gasteiger charge is 2.14. The maximum absolute atomic E-state index is 9.94. The Balaban J connectivity index is 1.86. The average Bonchev–Trinajstić information content (AvgIpc) is 2.45. The summed E-state index contributed by atoms with van der Waals surface area (Å²) in [7, 11) is 0. The van der Waals surface area contributed by atoms with Crippen LogP contribution in [-0.2, 0) is 11.2 Å². The first kappa shape index (κ1) is 13.0. The van der Waals surface area contributed by atoms with Crippen LogP contribution in [0.3, 0.4) is 0 Å². The van der Waals surface area contributed by atoms with Crippen LogP contribution in [0.15, 0.2) is 29.3 Å². The monoisotopic (exact) mass is 243 g/mol. The maximum atomic E-state index is 9.94. The van der Waals surface area contributed by atoms with E-state index in [1.807, 2.05) is 0 Å². The summed E-state index contributed by atoms with van der Waals surface area (Å²) in [6.45, 7) is 0.591. The Morgan fingerprint density at radius 2 is 1.83 bits per heavy atom. The van der Waals surface area contributed by atoms with E-state index in [2.05, 4.69) is 29.3 Å². The molecule has 0 N–H and O–H groups in total. The summed E-state index contributed by atoms with van der Waals surface area (Å²) in [5.41, 5.74) is 2.85. The second kappa shape index (κ2) is 7.13. The highest BCUT2D eigenvalue weighted by molar-refractivity contribution is 5.32. The van der Waals surface area contributed by atoms with E-state index in [-0.39, 0.29) is 0 Å². The van der Waals surface area contributed by atoms with Crippen molar-refractivity contribution in [3.63, 3.8) is 0 Å². The Bertz CT molecular complexity index is 398. The summed E-state index contributed by atoms with van der Waals surface area (Å²) in [6.07, 6.45) is 10.4. The van der Waals surface area contributed by atoms with Crippen LogP contribution < -0.4 is 0 Å². The van der Waals surface area contributed by atoms with E-state index in [1.54, 1.807) is 6.08 Å². The Morgan fingerprint density at radius 1 is 1.11 bits per heavy atom. The quantitative estimate of drug-likeness (QED) is 0.436. The molecule has 2 rings (SSSR count). The maximum Gasteiger partial charge on any atom is 0.234 e. The zero-order valence-corrected chi connectivity index (χ0v) is 10.9. The minimum atomic E-state index is 0.591. The molecule has 1 aromatic rings. The number of hydrogen-bond donors (Lipinski definition) is 0. The number of rotatable bonds is 5. The number of isocyanates is 1. The minimum absolute atomic E-state index is 0.591. The second-order valence-corrected chi connectivity index (χ2v) is 5.15. The van der Waals surface area contributed by atoms with Gasteiger partial charge in [-0.2, -0.15) is 0 Å². The van der Waals surface area contributed by atoms with Gasteiger partial charge >= 0.3 is 0 Å². The van der Waals surface area contributed by atoms with Gasteiger partial charge in [0.15, 0.2) is 0 Å². The van der Waals surface area contributed by atoms with Crippen molar-refractivity contribution in [2.45, 2.75) is 50.9 Å². The van der Waals surface area contributed by atoms with Crippen LogP contribution in [0.4, 0.5) is 0 Å². The molecule has 1 aliphatic carbocycles. The third-order valence-electron chi connectivity index (χ3n) is 3.86. The molecule has 0 aliphatic heterocycles. The minimum Gasteiger partial charge on any atom is -0.211 e. The summed E-state index contributed by atoms with van der Waals surface area (Å²) in [6, 6.07) is 9.03. The Morgan fingerprint density at radius 3 is 2.50 bits per heavy atom. The largest absolute Gasteiger partial charge is 0.234 e. The van der Waals surface area contributed by atoms with Crippen LogP contribution in [0.25, 0.3) is 0 Å². The van der Waals surface area contributed by atoms with Gasteiger partial charge in [0.2, 0.25) is 6.08 Å².